The molecule has 0 radical (unpaired) electrons. The van der Waals surface area contributed by atoms with E-state index in [-0.39, 0.29) is 11.8 Å². The minimum Gasteiger partial charge on any atom is -0.306 e. The Labute approximate surface area is 351 Å². The van der Waals surface area contributed by atoms with Gasteiger partial charge in [-0.15, -0.1) is 22.7 Å². The van der Waals surface area contributed by atoms with Crippen molar-refractivity contribution in [1.29, 1.82) is 0 Å². The number of hydrogen-bond donors (Lipinski definition) is 0. The van der Waals surface area contributed by atoms with Crippen molar-refractivity contribution in [2.45, 2.75) is 219 Å². The average Bonchev–Trinajstić information content (AvgIpc) is 4.03. The average molecular weight is 806 g/mol. The standard InChI is InChI=1S/C49H79N3O2S2/c1-3-5-7-9-11-13-15-17-19-21-23-25-27-29-31-33-38-51-45(42-36-35-40-55-42)43-44(49(51)54)46(47-50-37-41-56-47)52(48(43)53)39-34-32-30-28-26-24-22-20-18-16-14-12-10-8-6-4-2/h35-37,40-41H,3-34,38-39H2,1-2H3. The number of carbonyl (C=O) groups excluding carboxylic acids is 2. The summed E-state index contributed by atoms with van der Waals surface area (Å²) in [7, 11) is 0. The summed E-state index contributed by atoms with van der Waals surface area (Å²) in [6, 6.07) is 4.10. The van der Waals surface area contributed by atoms with Gasteiger partial charge in [-0.1, -0.05) is 213 Å². The molecule has 2 aromatic heterocycles. The fourth-order valence-corrected chi connectivity index (χ4v) is 10.2. The van der Waals surface area contributed by atoms with Gasteiger partial charge in [0.1, 0.15) is 5.01 Å². The number of nitrogens with zero attached hydrogens (tertiary/aromatic N) is 3. The highest BCUT2D eigenvalue weighted by Gasteiger charge is 2.49. The SMILES string of the molecule is CCCCCCCCCCCCCCCCCCN1C(=O)C2=C(c3nccs3)N(CCCCCCCCCCCCCCCCCC)C(=O)C2=C1c1cccs1. The molecule has 2 aliphatic heterocycles. The quantitative estimate of drug-likeness (QED) is 0.0645. The third-order valence-corrected chi connectivity index (χ3v) is 13.7. The summed E-state index contributed by atoms with van der Waals surface area (Å²) in [6.45, 7) is 5.88. The molecule has 0 N–H and O–H groups in total. The van der Waals surface area contributed by atoms with Crippen molar-refractivity contribution in [2.75, 3.05) is 13.1 Å². The lowest BCUT2D eigenvalue weighted by Crippen LogP contribution is -2.30. The maximum Gasteiger partial charge on any atom is 0.261 e. The zero-order valence-corrected chi connectivity index (χ0v) is 37.5. The van der Waals surface area contributed by atoms with Crippen LogP contribution >= 0.6 is 22.7 Å². The van der Waals surface area contributed by atoms with Crippen molar-refractivity contribution in [2.24, 2.45) is 0 Å². The second-order valence-electron chi connectivity index (χ2n) is 16.8. The van der Waals surface area contributed by atoms with Crippen molar-refractivity contribution in [3.63, 3.8) is 0 Å². The van der Waals surface area contributed by atoms with Crippen molar-refractivity contribution < 1.29 is 9.59 Å². The van der Waals surface area contributed by atoms with Crippen molar-refractivity contribution in [3.05, 3.63) is 50.1 Å². The van der Waals surface area contributed by atoms with Crippen molar-refractivity contribution in [3.8, 4) is 0 Å². The van der Waals surface area contributed by atoms with E-state index in [1.807, 2.05) is 21.2 Å². The molecule has 4 heterocycles. The number of aromatic nitrogens is 1. The summed E-state index contributed by atoms with van der Waals surface area (Å²) in [5, 5.41) is 4.79. The highest BCUT2D eigenvalue weighted by atomic mass is 32.1. The van der Waals surface area contributed by atoms with E-state index in [4.69, 9.17) is 0 Å². The van der Waals surface area contributed by atoms with Gasteiger partial charge >= 0.3 is 0 Å². The summed E-state index contributed by atoms with van der Waals surface area (Å²) < 4.78 is 0. The molecular formula is C49H79N3O2S2. The van der Waals surface area contributed by atoms with Crippen LogP contribution in [0.1, 0.15) is 229 Å². The molecule has 2 amide bonds. The van der Waals surface area contributed by atoms with Crippen LogP contribution in [-0.4, -0.2) is 39.7 Å². The fraction of sp³-hybridized carbons (Fsp3) is 0.735. The largest absolute Gasteiger partial charge is 0.306 e. The van der Waals surface area contributed by atoms with Gasteiger partial charge in [-0.2, -0.15) is 0 Å². The van der Waals surface area contributed by atoms with E-state index in [1.165, 1.54) is 191 Å². The van der Waals surface area contributed by atoms with Crippen LogP contribution in [0.4, 0.5) is 0 Å². The van der Waals surface area contributed by atoms with Crippen LogP contribution in [0.2, 0.25) is 0 Å². The minimum atomic E-state index is -0.0163. The minimum absolute atomic E-state index is 0.0163. The van der Waals surface area contributed by atoms with Gasteiger partial charge in [-0.3, -0.25) is 9.59 Å². The summed E-state index contributed by atoms with van der Waals surface area (Å²) in [5.41, 5.74) is 2.76. The van der Waals surface area contributed by atoms with Gasteiger partial charge in [0.2, 0.25) is 0 Å². The number of thiophene rings is 1. The molecule has 0 aromatic carbocycles. The number of amides is 2. The molecule has 0 bridgehead atoms. The van der Waals surface area contributed by atoms with Crippen LogP contribution < -0.4 is 0 Å². The Balaban J connectivity index is 1.17. The molecule has 0 saturated heterocycles. The van der Waals surface area contributed by atoms with Gasteiger partial charge in [-0.25, -0.2) is 4.98 Å². The molecule has 0 spiro atoms. The topological polar surface area (TPSA) is 53.5 Å². The van der Waals surface area contributed by atoms with E-state index in [0.29, 0.717) is 24.2 Å². The Morgan fingerprint density at radius 2 is 0.804 bits per heavy atom. The number of fused-ring (bicyclic) bond motifs is 1. The summed E-state index contributed by atoms with van der Waals surface area (Å²) in [6.07, 6.45) is 44.2. The van der Waals surface area contributed by atoms with Crippen LogP contribution in [0.15, 0.2) is 40.2 Å². The highest BCUT2D eigenvalue weighted by Crippen LogP contribution is 2.47. The van der Waals surface area contributed by atoms with Crippen LogP contribution in [0, 0.1) is 0 Å². The van der Waals surface area contributed by atoms with E-state index in [1.54, 1.807) is 17.5 Å². The van der Waals surface area contributed by atoms with E-state index >= 15 is 0 Å². The molecule has 0 fully saturated rings. The number of unbranched alkanes of at least 4 members (excludes halogenated alkanes) is 30. The normalized spacial score (nSPS) is 14.4. The molecule has 0 atom stereocenters. The summed E-state index contributed by atoms with van der Waals surface area (Å²) in [4.78, 5) is 38.1. The number of thiazole rings is 1. The highest BCUT2D eigenvalue weighted by molar-refractivity contribution is 7.11. The third kappa shape index (κ3) is 15.8. The number of hydrogen-bond acceptors (Lipinski definition) is 5. The lowest BCUT2D eigenvalue weighted by Gasteiger charge is -2.24. The molecule has 56 heavy (non-hydrogen) atoms. The number of carbonyl (C=O) groups is 2. The first kappa shape index (κ1) is 46.4. The molecule has 2 aromatic rings. The van der Waals surface area contributed by atoms with Crippen molar-refractivity contribution >= 4 is 45.9 Å². The number of rotatable bonds is 36. The molecule has 0 aliphatic carbocycles. The maximum atomic E-state index is 14.3. The van der Waals surface area contributed by atoms with Gasteiger partial charge in [0.25, 0.3) is 11.8 Å². The Kier molecular flexibility index (Phi) is 24.1. The van der Waals surface area contributed by atoms with Gasteiger partial charge in [-0.05, 0) is 24.3 Å². The lowest BCUT2D eigenvalue weighted by atomic mass is 10.0. The van der Waals surface area contributed by atoms with Crippen LogP contribution in [0.3, 0.4) is 0 Å². The van der Waals surface area contributed by atoms with Crippen LogP contribution in [0.5, 0.6) is 0 Å². The molecule has 7 heteroatoms. The van der Waals surface area contributed by atoms with Crippen LogP contribution in [0.25, 0.3) is 11.4 Å². The summed E-state index contributed by atoms with van der Waals surface area (Å²) >= 11 is 3.15. The van der Waals surface area contributed by atoms with Gasteiger partial charge in [0, 0.05) is 24.7 Å². The van der Waals surface area contributed by atoms with E-state index < -0.39 is 0 Å². The first-order valence-corrected chi connectivity index (χ1v) is 25.5. The monoisotopic (exact) mass is 806 g/mol. The first-order chi connectivity index (χ1) is 27.7. The van der Waals surface area contributed by atoms with Crippen LogP contribution in [-0.2, 0) is 9.59 Å². The Hall–Kier alpha value is -2.25. The lowest BCUT2D eigenvalue weighted by molar-refractivity contribution is -0.124. The molecular weight excluding hydrogens is 727 g/mol. The molecule has 4 rings (SSSR count). The molecule has 0 unspecified atom stereocenters. The maximum absolute atomic E-state index is 14.3. The Bertz CT molecular complexity index is 1290. The van der Waals surface area contributed by atoms with Crippen molar-refractivity contribution in [1.82, 2.24) is 14.8 Å². The second-order valence-corrected chi connectivity index (χ2v) is 18.6. The van der Waals surface area contributed by atoms with Gasteiger partial charge < -0.3 is 9.80 Å². The Morgan fingerprint density at radius 1 is 0.446 bits per heavy atom. The molecule has 5 nitrogen and oxygen atoms in total. The molecule has 314 valence electrons. The van der Waals surface area contributed by atoms with Gasteiger partial charge in [0.15, 0.2) is 0 Å². The molecule has 2 aliphatic rings. The predicted octanol–water partition coefficient (Wildman–Crippen LogP) is 15.5. The first-order valence-electron chi connectivity index (χ1n) is 23.7. The summed E-state index contributed by atoms with van der Waals surface area (Å²) in [5.74, 6) is -0.0326. The fourth-order valence-electron chi connectivity index (χ4n) is 8.69. The van der Waals surface area contributed by atoms with Gasteiger partial charge in [0.05, 0.1) is 27.4 Å². The zero-order chi connectivity index (χ0) is 39.5. The van der Waals surface area contributed by atoms with E-state index in [2.05, 4.69) is 30.3 Å². The smallest absolute Gasteiger partial charge is 0.261 e. The molecule has 0 saturated carbocycles. The zero-order valence-electron chi connectivity index (χ0n) is 35.9. The van der Waals surface area contributed by atoms with E-state index in [9.17, 15) is 9.59 Å². The second kappa shape index (κ2) is 29.0. The third-order valence-electron chi connectivity index (χ3n) is 12.0. The Morgan fingerprint density at radius 3 is 1.14 bits per heavy atom. The predicted molar refractivity (Wildman–Crippen MR) is 243 cm³/mol. The van der Waals surface area contributed by atoms with E-state index in [0.717, 1.165) is 47.0 Å².